The third kappa shape index (κ3) is 7.04. The van der Waals surface area contributed by atoms with E-state index in [9.17, 15) is 14.0 Å². The van der Waals surface area contributed by atoms with Crippen LogP contribution in [0.2, 0.25) is 0 Å². The molecule has 10 nitrogen and oxygen atoms in total. The van der Waals surface area contributed by atoms with Crippen LogP contribution in [0.1, 0.15) is 39.8 Å². The van der Waals surface area contributed by atoms with Crippen LogP contribution in [0.3, 0.4) is 0 Å². The Hall–Kier alpha value is -4.38. The molecule has 0 atom stereocenters. The average Bonchev–Trinajstić information content (AvgIpc) is 3.41. The fourth-order valence-corrected chi connectivity index (χ4v) is 4.67. The van der Waals surface area contributed by atoms with Gasteiger partial charge >= 0.3 is 6.09 Å². The van der Waals surface area contributed by atoms with Crippen LogP contribution in [0.4, 0.5) is 15.1 Å². The van der Waals surface area contributed by atoms with Crippen LogP contribution in [0.5, 0.6) is 0 Å². The average molecular weight is 562 g/mol. The first-order valence-electron chi connectivity index (χ1n) is 14.0. The summed E-state index contributed by atoms with van der Waals surface area (Å²) in [5.74, 6) is -0.0967. The largest absolute Gasteiger partial charge is 0.450 e. The van der Waals surface area contributed by atoms with Crippen LogP contribution in [0.25, 0.3) is 33.4 Å². The molecule has 4 aromatic rings. The van der Waals surface area contributed by atoms with Crippen molar-refractivity contribution >= 4 is 29.0 Å². The van der Waals surface area contributed by atoms with Gasteiger partial charge in [-0.3, -0.25) is 25.0 Å². The van der Waals surface area contributed by atoms with E-state index >= 15 is 0 Å². The highest BCUT2D eigenvalue weighted by Gasteiger charge is 2.21. The molecular weight excluding hydrogens is 525 g/mol. The number of carbonyl (C=O) groups excluding carboxylic acids is 2. The fraction of sp³-hybridized carbons (Fsp3) is 0.367. The molecule has 5 rings (SSSR count). The number of anilines is 1. The van der Waals surface area contributed by atoms with Crippen LogP contribution in [-0.2, 0) is 16.1 Å². The lowest BCUT2D eigenvalue weighted by Gasteiger charge is -2.34. The van der Waals surface area contributed by atoms with Crippen molar-refractivity contribution in [2.45, 2.75) is 40.7 Å². The van der Waals surface area contributed by atoms with E-state index in [1.165, 1.54) is 18.3 Å². The predicted molar refractivity (Wildman–Crippen MR) is 157 cm³/mol. The standard InChI is InChI=1S/C28H30FN7O3.C2H6/c1-3-24(37)36-12-10-35(11-13-36)17-20-8-7-18(16-31-20)19-14-21(25-22(29)6-5-9-30-25)26-23(15-19)32-27(33-26)34-28(38)39-4-2;1-2/h5-9,14-16H,3-4,10-13,17H2,1-2H3,(H2,32,33,34,38);1-2H3. The maximum atomic E-state index is 14.8. The molecule has 216 valence electrons. The van der Waals surface area contributed by atoms with Gasteiger partial charge in [-0.15, -0.1) is 0 Å². The number of rotatable bonds is 7. The van der Waals surface area contributed by atoms with E-state index in [2.05, 4.69) is 30.2 Å². The number of H-pyrrole nitrogens is 1. The van der Waals surface area contributed by atoms with Gasteiger partial charge in [-0.1, -0.05) is 26.8 Å². The summed E-state index contributed by atoms with van der Waals surface area (Å²) in [7, 11) is 0. The zero-order valence-corrected chi connectivity index (χ0v) is 23.9. The molecule has 4 heterocycles. The number of amides is 2. The van der Waals surface area contributed by atoms with Gasteiger partial charge in [-0.2, -0.15) is 0 Å². The van der Waals surface area contributed by atoms with Crippen molar-refractivity contribution in [1.82, 2.24) is 29.7 Å². The van der Waals surface area contributed by atoms with Crippen LogP contribution in [-0.4, -0.2) is 74.5 Å². The third-order valence-electron chi connectivity index (χ3n) is 6.67. The number of imidazole rings is 1. The minimum Gasteiger partial charge on any atom is -0.450 e. The maximum absolute atomic E-state index is 14.8. The topological polar surface area (TPSA) is 116 Å². The molecule has 1 aliphatic rings. The highest BCUT2D eigenvalue weighted by Crippen LogP contribution is 2.34. The smallest absolute Gasteiger partial charge is 0.413 e. The highest BCUT2D eigenvalue weighted by atomic mass is 19.1. The number of benzene rings is 1. The van der Waals surface area contributed by atoms with Crippen LogP contribution in [0, 0.1) is 5.82 Å². The number of hydrogen-bond donors (Lipinski definition) is 2. The second-order valence-electron chi connectivity index (χ2n) is 9.23. The Bertz CT molecular complexity index is 1480. The van der Waals surface area contributed by atoms with E-state index in [4.69, 9.17) is 4.74 Å². The Kier molecular flexibility index (Phi) is 9.96. The van der Waals surface area contributed by atoms with E-state index in [-0.39, 0.29) is 24.2 Å². The van der Waals surface area contributed by atoms with Crippen molar-refractivity contribution in [1.29, 1.82) is 0 Å². The minimum absolute atomic E-state index is 0.156. The molecule has 1 saturated heterocycles. The first kappa shape index (κ1) is 29.6. The van der Waals surface area contributed by atoms with Gasteiger partial charge in [0.05, 0.1) is 17.8 Å². The highest BCUT2D eigenvalue weighted by molar-refractivity contribution is 5.97. The Morgan fingerprint density at radius 2 is 1.83 bits per heavy atom. The molecule has 11 heteroatoms. The first-order valence-corrected chi connectivity index (χ1v) is 14.0. The van der Waals surface area contributed by atoms with Gasteiger partial charge in [0.25, 0.3) is 0 Å². The first-order chi connectivity index (χ1) is 19.9. The molecule has 1 aromatic carbocycles. The van der Waals surface area contributed by atoms with Crippen LogP contribution >= 0.6 is 0 Å². The van der Waals surface area contributed by atoms with Gasteiger partial charge in [0, 0.05) is 62.7 Å². The number of halogens is 1. The molecule has 41 heavy (non-hydrogen) atoms. The molecule has 0 saturated carbocycles. The van der Waals surface area contributed by atoms with Gasteiger partial charge in [-0.25, -0.2) is 14.2 Å². The van der Waals surface area contributed by atoms with Crippen molar-refractivity contribution in [3.8, 4) is 22.4 Å². The summed E-state index contributed by atoms with van der Waals surface area (Å²) in [5.41, 5.74) is 4.26. The Morgan fingerprint density at radius 1 is 1.05 bits per heavy atom. The van der Waals surface area contributed by atoms with Crippen molar-refractivity contribution in [3.63, 3.8) is 0 Å². The number of fused-ring (bicyclic) bond motifs is 1. The van der Waals surface area contributed by atoms with Crippen LogP contribution < -0.4 is 5.32 Å². The second kappa shape index (κ2) is 13.8. The fourth-order valence-electron chi connectivity index (χ4n) is 4.67. The molecule has 0 radical (unpaired) electrons. The third-order valence-corrected chi connectivity index (χ3v) is 6.67. The zero-order valence-electron chi connectivity index (χ0n) is 23.9. The zero-order chi connectivity index (χ0) is 29.4. The molecule has 1 fully saturated rings. The molecule has 0 aliphatic carbocycles. The van der Waals surface area contributed by atoms with Gasteiger partial charge in [0.2, 0.25) is 11.9 Å². The summed E-state index contributed by atoms with van der Waals surface area (Å²) in [6.45, 7) is 11.6. The van der Waals surface area contributed by atoms with Gasteiger partial charge < -0.3 is 14.6 Å². The van der Waals surface area contributed by atoms with Gasteiger partial charge in [0.15, 0.2) is 0 Å². The van der Waals surface area contributed by atoms with E-state index in [0.29, 0.717) is 29.6 Å². The normalized spacial score (nSPS) is 13.4. The lowest BCUT2D eigenvalue weighted by molar-refractivity contribution is -0.132. The number of pyridine rings is 2. The van der Waals surface area contributed by atoms with E-state index in [1.54, 1.807) is 13.1 Å². The van der Waals surface area contributed by atoms with Crippen molar-refractivity contribution in [2.24, 2.45) is 0 Å². The van der Waals surface area contributed by atoms with E-state index in [1.807, 2.05) is 49.9 Å². The molecular formula is C30H36FN7O3. The number of aromatic nitrogens is 4. The Morgan fingerprint density at radius 3 is 2.49 bits per heavy atom. The number of nitrogens with one attached hydrogen (secondary N) is 2. The summed E-state index contributed by atoms with van der Waals surface area (Å²) in [6.07, 6.45) is 3.21. The Labute approximate surface area is 239 Å². The summed E-state index contributed by atoms with van der Waals surface area (Å²) < 4.78 is 19.7. The summed E-state index contributed by atoms with van der Waals surface area (Å²) in [5, 5.41) is 2.56. The number of nitrogens with zero attached hydrogens (tertiary/aromatic N) is 5. The van der Waals surface area contributed by atoms with Crippen molar-refractivity contribution in [2.75, 3.05) is 38.1 Å². The summed E-state index contributed by atoms with van der Waals surface area (Å²) in [6, 6.07) is 10.5. The molecule has 2 amide bonds. The van der Waals surface area contributed by atoms with Crippen molar-refractivity contribution < 1.29 is 18.7 Å². The molecule has 0 unspecified atom stereocenters. The Balaban J connectivity index is 0.00000189. The molecule has 0 bridgehead atoms. The number of piperazine rings is 1. The predicted octanol–water partition coefficient (Wildman–Crippen LogP) is 5.47. The monoisotopic (exact) mass is 561 g/mol. The van der Waals surface area contributed by atoms with E-state index in [0.717, 1.165) is 43.0 Å². The summed E-state index contributed by atoms with van der Waals surface area (Å²) in [4.78, 5) is 44.5. The van der Waals surface area contributed by atoms with Gasteiger partial charge in [0.1, 0.15) is 17.0 Å². The van der Waals surface area contributed by atoms with Crippen molar-refractivity contribution in [3.05, 3.63) is 60.3 Å². The SMILES string of the molecule is CC.CCOC(=O)Nc1nc2c(-c3ncccc3F)cc(-c3ccc(CN4CCN(C(=O)CC)CC4)nc3)cc2[nH]1. The second-order valence-corrected chi connectivity index (χ2v) is 9.23. The van der Waals surface area contributed by atoms with Gasteiger partial charge in [-0.05, 0) is 42.8 Å². The lowest BCUT2D eigenvalue weighted by Crippen LogP contribution is -2.48. The molecule has 1 aliphatic heterocycles. The lowest BCUT2D eigenvalue weighted by atomic mass is 10.0. The van der Waals surface area contributed by atoms with E-state index < -0.39 is 11.9 Å². The number of aromatic amines is 1. The summed E-state index contributed by atoms with van der Waals surface area (Å²) >= 11 is 0. The minimum atomic E-state index is -0.638. The molecule has 3 aromatic heterocycles. The number of carbonyl (C=O) groups is 2. The number of hydrogen-bond acceptors (Lipinski definition) is 7. The molecule has 0 spiro atoms. The van der Waals surface area contributed by atoms with Crippen LogP contribution in [0.15, 0.2) is 48.8 Å². The quantitative estimate of drug-likeness (QED) is 0.307. The number of ether oxygens (including phenoxy) is 1. The maximum Gasteiger partial charge on any atom is 0.413 e. The molecule has 2 N–H and O–H groups in total.